The highest BCUT2D eigenvalue weighted by Crippen LogP contribution is 2.22. The molecule has 8 heteroatoms. The number of benzene rings is 1. The van der Waals surface area contributed by atoms with Crippen molar-refractivity contribution < 1.29 is 4.42 Å². The first-order chi connectivity index (χ1) is 13.7. The van der Waals surface area contributed by atoms with Crippen LogP contribution in [0.25, 0.3) is 11.5 Å². The van der Waals surface area contributed by atoms with Gasteiger partial charge in [0.1, 0.15) is 12.0 Å². The Bertz CT molecular complexity index is 864. The number of hydrogen-bond donors (Lipinski definition) is 2. The van der Waals surface area contributed by atoms with Crippen LogP contribution in [0.2, 0.25) is 0 Å². The number of nitrogens with zero attached hydrogens (tertiary/aromatic N) is 3. The molecular weight excluding hydrogens is 497 g/mol. The molecule has 2 N–H and O–H groups in total. The molecule has 0 fully saturated rings. The van der Waals surface area contributed by atoms with Gasteiger partial charge in [0.25, 0.3) is 0 Å². The Morgan fingerprint density at radius 1 is 1.17 bits per heavy atom. The number of rotatable bonds is 8. The van der Waals surface area contributed by atoms with Gasteiger partial charge in [-0.3, -0.25) is 0 Å². The highest BCUT2D eigenvalue weighted by molar-refractivity contribution is 14.0. The molecule has 29 heavy (non-hydrogen) atoms. The predicted molar refractivity (Wildman–Crippen MR) is 131 cm³/mol. The van der Waals surface area contributed by atoms with Crippen molar-refractivity contribution in [2.45, 2.75) is 19.5 Å². The molecule has 156 valence electrons. The van der Waals surface area contributed by atoms with Crippen molar-refractivity contribution >= 4 is 41.3 Å². The number of guanidine groups is 1. The Labute approximate surface area is 193 Å². The zero-order valence-electron chi connectivity index (χ0n) is 17.0. The van der Waals surface area contributed by atoms with Crippen LogP contribution < -0.4 is 10.6 Å². The van der Waals surface area contributed by atoms with Crippen LogP contribution >= 0.6 is 35.3 Å². The summed E-state index contributed by atoms with van der Waals surface area (Å²) in [6.45, 7) is 4.08. The van der Waals surface area contributed by atoms with Crippen LogP contribution in [0.1, 0.15) is 23.5 Å². The van der Waals surface area contributed by atoms with E-state index in [2.05, 4.69) is 64.0 Å². The molecule has 0 bridgehead atoms. The lowest BCUT2D eigenvalue weighted by atomic mass is 10.2. The van der Waals surface area contributed by atoms with Crippen molar-refractivity contribution in [3.8, 4) is 11.5 Å². The van der Waals surface area contributed by atoms with Gasteiger partial charge >= 0.3 is 0 Å². The standard InChI is InChI=1S/C21H27N5OS.HI/c1-4-22-21(24-14-18(26(2)3)19-11-8-12-28-19)23-13-17-15-27-20(25-17)16-9-6-5-7-10-16;/h5-12,15,18H,4,13-14H2,1-3H3,(H2,22,23,24);1H. The number of thiophene rings is 1. The molecule has 1 atom stereocenters. The first-order valence-corrected chi connectivity index (χ1v) is 10.3. The minimum absolute atomic E-state index is 0. The maximum atomic E-state index is 5.60. The van der Waals surface area contributed by atoms with E-state index < -0.39 is 0 Å². The third kappa shape index (κ3) is 6.83. The van der Waals surface area contributed by atoms with Crippen molar-refractivity contribution in [3.05, 3.63) is 64.7 Å². The summed E-state index contributed by atoms with van der Waals surface area (Å²) in [6.07, 6.45) is 1.67. The topological polar surface area (TPSA) is 65.7 Å². The summed E-state index contributed by atoms with van der Waals surface area (Å²) in [7, 11) is 4.19. The van der Waals surface area contributed by atoms with Crippen LogP contribution in [0.4, 0.5) is 0 Å². The number of oxazole rings is 1. The van der Waals surface area contributed by atoms with Gasteiger partial charge in [0.15, 0.2) is 5.96 Å². The zero-order chi connectivity index (χ0) is 19.8. The summed E-state index contributed by atoms with van der Waals surface area (Å²) in [5, 5.41) is 8.85. The number of aliphatic imine (C=N–C) groups is 1. The maximum absolute atomic E-state index is 5.60. The summed E-state index contributed by atoms with van der Waals surface area (Å²) < 4.78 is 5.60. The fourth-order valence-corrected chi connectivity index (χ4v) is 3.73. The molecule has 3 aromatic rings. The molecule has 0 aliphatic rings. The van der Waals surface area contributed by atoms with Crippen LogP contribution in [0, 0.1) is 0 Å². The molecule has 3 rings (SSSR count). The van der Waals surface area contributed by atoms with Gasteiger partial charge < -0.3 is 20.0 Å². The largest absolute Gasteiger partial charge is 0.444 e. The number of likely N-dealkylation sites (N-methyl/N-ethyl adjacent to an activating group) is 1. The molecule has 1 aromatic carbocycles. The van der Waals surface area contributed by atoms with Gasteiger partial charge in [0.05, 0.1) is 12.6 Å². The van der Waals surface area contributed by atoms with Gasteiger partial charge in [0, 0.05) is 23.5 Å². The molecule has 0 spiro atoms. The van der Waals surface area contributed by atoms with Crippen molar-refractivity contribution in [2.75, 3.05) is 27.2 Å². The highest BCUT2D eigenvalue weighted by Gasteiger charge is 2.15. The van der Waals surface area contributed by atoms with Gasteiger partial charge in [-0.25, -0.2) is 9.98 Å². The maximum Gasteiger partial charge on any atom is 0.226 e. The summed E-state index contributed by atoms with van der Waals surface area (Å²) in [5.74, 6) is 1.39. The highest BCUT2D eigenvalue weighted by atomic mass is 127. The minimum Gasteiger partial charge on any atom is -0.444 e. The molecule has 2 heterocycles. The van der Waals surface area contributed by atoms with Gasteiger partial charge in [-0.2, -0.15) is 0 Å². The van der Waals surface area contributed by atoms with Gasteiger partial charge in [-0.05, 0) is 44.6 Å². The van der Waals surface area contributed by atoms with Crippen LogP contribution in [0.3, 0.4) is 0 Å². The van der Waals surface area contributed by atoms with E-state index in [4.69, 9.17) is 4.42 Å². The van der Waals surface area contributed by atoms with E-state index in [-0.39, 0.29) is 24.0 Å². The molecule has 6 nitrogen and oxygen atoms in total. The van der Waals surface area contributed by atoms with E-state index in [1.54, 1.807) is 17.6 Å². The quantitative estimate of drug-likeness (QED) is 0.260. The summed E-state index contributed by atoms with van der Waals surface area (Å²) >= 11 is 1.77. The molecule has 2 aromatic heterocycles. The first kappa shape index (κ1) is 23.4. The lowest BCUT2D eigenvalue weighted by Gasteiger charge is -2.24. The smallest absolute Gasteiger partial charge is 0.226 e. The van der Waals surface area contributed by atoms with E-state index in [0.717, 1.165) is 30.3 Å². The third-order valence-corrected chi connectivity index (χ3v) is 5.25. The van der Waals surface area contributed by atoms with Crippen LogP contribution in [-0.4, -0.2) is 43.0 Å². The van der Waals surface area contributed by atoms with Crippen molar-refractivity contribution in [3.63, 3.8) is 0 Å². The molecule has 0 aliphatic carbocycles. The van der Waals surface area contributed by atoms with Crippen molar-refractivity contribution in [1.29, 1.82) is 0 Å². The minimum atomic E-state index is 0. The molecule has 0 amide bonds. The molecule has 0 saturated heterocycles. The second-order valence-electron chi connectivity index (χ2n) is 6.58. The number of aromatic nitrogens is 1. The van der Waals surface area contributed by atoms with Crippen LogP contribution in [-0.2, 0) is 6.54 Å². The Kier molecular flexibility index (Phi) is 9.62. The molecule has 1 unspecified atom stereocenters. The van der Waals surface area contributed by atoms with Crippen molar-refractivity contribution in [1.82, 2.24) is 20.5 Å². The molecule has 0 radical (unpaired) electrons. The van der Waals surface area contributed by atoms with E-state index >= 15 is 0 Å². The number of halogens is 1. The zero-order valence-corrected chi connectivity index (χ0v) is 20.1. The average Bonchev–Trinajstić information content (AvgIpc) is 3.39. The summed E-state index contributed by atoms with van der Waals surface area (Å²) in [4.78, 5) is 12.7. The second-order valence-corrected chi connectivity index (χ2v) is 7.56. The lowest BCUT2D eigenvalue weighted by molar-refractivity contribution is 0.302. The second kappa shape index (κ2) is 11.9. The Morgan fingerprint density at radius 3 is 2.62 bits per heavy atom. The Balaban J connectivity index is 0.00000300. The fourth-order valence-electron chi connectivity index (χ4n) is 2.81. The monoisotopic (exact) mass is 525 g/mol. The lowest BCUT2D eigenvalue weighted by Crippen LogP contribution is -2.41. The fraction of sp³-hybridized carbons (Fsp3) is 0.333. The normalized spacial score (nSPS) is 12.5. The van der Waals surface area contributed by atoms with Crippen molar-refractivity contribution in [2.24, 2.45) is 4.99 Å². The van der Waals surface area contributed by atoms with Gasteiger partial charge in [0.2, 0.25) is 5.89 Å². The predicted octanol–water partition coefficient (Wildman–Crippen LogP) is 4.38. The van der Waals surface area contributed by atoms with Gasteiger partial charge in [-0.1, -0.05) is 24.3 Å². The van der Waals surface area contributed by atoms with E-state index in [9.17, 15) is 0 Å². The van der Waals surface area contributed by atoms with Crippen LogP contribution in [0.15, 0.2) is 63.5 Å². The average molecular weight is 525 g/mol. The number of nitrogens with one attached hydrogen (secondary N) is 2. The summed E-state index contributed by atoms with van der Waals surface area (Å²) in [6, 6.07) is 14.4. The van der Waals surface area contributed by atoms with E-state index in [1.807, 2.05) is 30.3 Å². The van der Waals surface area contributed by atoms with E-state index in [0.29, 0.717) is 18.5 Å². The molecule has 0 aliphatic heterocycles. The molecule has 0 saturated carbocycles. The number of hydrogen-bond acceptors (Lipinski definition) is 5. The third-order valence-electron chi connectivity index (χ3n) is 4.27. The van der Waals surface area contributed by atoms with E-state index in [1.165, 1.54) is 4.88 Å². The Morgan fingerprint density at radius 2 is 1.97 bits per heavy atom. The SMILES string of the molecule is CCNC(=NCc1coc(-c2ccccc2)n1)NCC(c1cccs1)N(C)C.I. The summed E-state index contributed by atoms with van der Waals surface area (Å²) in [5.41, 5.74) is 1.77. The molecular formula is C21H28IN5OS. The van der Waals surface area contributed by atoms with Crippen LogP contribution in [0.5, 0.6) is 0 Å². The first-order valence-electron chi connectivity index (χ1n) is 9.39. The van der Waals surface area contributed by atoms with Gasteiger partial charge in [-0.15, -0.1) is 35.3 Å². The Hall–Kier alpha value is -1.91.